The fraction of sp³-hybridized carbons (Fsp3) is 0. The predicted octanol–water partition coefficient (Wildman–Crippen LogP) is 3.17. The summed E-state index contributed by atoms with van der Waals surface area (Å²) in [6, 6.07) is 6.78. The first-order chi connectivity index (χ1) is 8.65. The number of carboxylic acid groups (broad SMARTS) is 1. The minimum absolute atomic E-state index is 0.124. The van der Waals surface area contributed by atoms with Crippen LogP contribution in [0.3, 0.4) is 0 Å². The Morgan fingerprint density at radius 3 is 2.94 bits per heavy atom. The Hall–Kier alpha value is -2.27. The average Bonchev–Trinajstić information content (AvgIpc) is 2.93. The summed E-state index contributed by atoms with van der Waals surface area (Å²) >= 11 is 5.94. The number of hydrogen-bond acceptors (Lipinski definition) is 3. The van der Waals surface area contributed by atoms with Crippen molar-refractivity contribution in [3.63, 3.8) is 0 Å². The van der Waals surface area contributed by atoms with Gasteiger partial charge in [0, 0.05) is 33.8 Å². The van der Waals surface area contributed by atoms with Gasteiger partial charge in [0.25, 0.3) is 0 Å². The number of halogens is 1. The summed E-state index contributed by atoms with van der Waals surface area (Å²) in [6.07, 6.45) is 1.73. The first kappa shape index (κ1) is 10.9. The lowest BCUT2D eigenvalue weighted by molar-refractivity contribution is 0.0686. The average molecular weight is 263 g/mol. The number of carboxylic acids is 1. The van der Waals surface area contributed by atoms with Gasteiger partial charge in [0.15, 0.2) is 11.5 Å². The van der Waals surface area contributed by atoms with Crippen molar-refractivity contribution in [2.24, 2.45) is 0 Å². The molecule has 0 spiro atoms. The number of nitrogens with zero attached hydrogens (tertiary/aromatic N) is 1. The number of benzene rings is 1. The molecule has 5 nitrogen and oxygen atoms in total. The molecule has 18 heavy (non-hydrogen) atoms. The van der Waals surface area contributed by atoms with Crippen molar-refractivity contribution in [3.05, 3.63) is 41.2 Å². The molecule has 2 heterocycles. The second kappa shape index (κ2) is 3.89. The van der Waals surface area contributed by atoms with Crippen LogP contribution in [-0.4, -0.2) is 21.2 Å². The van der Waals surface area contributed by atoms with Crippen LogP contribution in [0.15, 0.2) is 35.0 Å². The van der Waals surface area contributed by atoms with Gasteiger partial charge in [0.2, 0.25) is 0 Å². The van der Waals surface area contributed by atoms with Crippen molar-refractivity contribution in [3.8, 4) is 11.3 Å². The van der Waals surface area contributed by atoms with E-state index in [1.807, 2.05) is 6.07 Å². The van der Waals surface area contributed by atoms with Gasteiger partial charge in [0.1, 0.15) is 0 Å². The van der Waals surface area contributed by atoms with Crippen molar-refractivity contribution in [1.29, 1.82) is 0 Å². The number of fused-ring (bicyclic) bond motifs is 1. The molecule has 3 aromatic rings. The van der Waals surface area contributed by atoms with Crippen molar-refractivity contribution < 1.29 is 14.4 Å². The molecule has 0 fully saturated rings. The number of aromatic amines is 1. The maximum Gasteiger partial charge on any atom is 0.358 e. The van der Waals surface area contributed by atoms with Crippen LogP contribution in [-0.2, 0) is 0 Å². The molecule has 2 N–H and O–H groups in total. The molecule has 0 aliphatic carbocycles. The maximum atomic E-state index is 10.8. The van der Waals surface area contributed by atoms with Gasteiger partial charge < -0.3 is 14.6 Å². The van der Waals surface area contributed by atoms with Gasteiger partial charge in [0.05, 0.1) is 0 Å². The minimum Gasteiger partial charge on any atom is -0.476 e. The molecule has 6 heteroatoms. The third-order valence-corrected chi connectivity index (χ3v) is 2.87. The van der Waals surface area contributed by atoms with Crippen LogP contribution in [0.2, 0.25) is 5.02 Å². The van der Waals surface area contributed by atoms with E-state index in [1.165, 1.54) is 6.07 Å². The smallest absolute Gasteiger partial charge is 0.358 e. The Morgan fingerprint density at radius 1 is 1.39 bits per heavy atom. The standard InChI is InChI=1S/C12H7ClN2O3/c13-6-1-2-9-7(3-6)8(5-14-9)11-4-10(12(16)17)15-18-11/h1-5,14H,(H,16,17). The zero-order valence-electron chi connectivity index (χ0n) is 8.98. The van der Waals surface area contributed by atoms with E-state index >= 15 is 0 Å². The fourth-order valence-corrected chi connectivity index (χ4v) is 1.97. The Balaban J connectivity index is 2.18. The maximum absolute atomic E-state index is 10.8. The lowest BCUT2D eigenvalue weighted by Crippen LogP contribution is -1.94. The van der Waals surface area contributed by atoms with E-state index in [2.05, 4.69) is 10.1 Å². The van der Waals surface area contributed by atoms with Crippen LogP contribution in [0.5, 0.6) is 0 Å². The van der Waals surface area contributed by atoms with E-state index in [0.29, 0.717) is 10.8 Å². The van der Waals surface area contributed by atoms with Gasteiger partial charge in [-0.3, -0.25) is 0 Å². The quantitative estimate of drug-likeness (QED) is 0.743. The molecule has 0 aliphatic heterocycles. The van der Waals surface area contributed by atoms with Gasteiger partial charge in [-0.05, 0) is 18.2 Å². The molecule has 3 rings (SSSR count). The Morgan fingerprint density at radius 2 is 2.22 bits per heavy atom. The van der Waals surface area contributed by atoms with Crippen LogP contribution in [0.4, 0.5) is 0 Å². The van der Waals surface area contributed by atoms with Crippen molar-refractivity contribution >= 4 is 28.5 Å². The molecule has 0 radical (unpaired) electrons. The molecule has 0 bridgehead atoms. The first-order valence-corrected chi connectivity index (χ1v) is 5.50. The molecule has 0 saturated heterocycles. The summed E-state index contributed by atoms with van der Waals surface area (Å²) in [5.74, 6) is -0.733. The highest BCUT2D eigenvalue weighted by atomic mass is 35.5. The molecule has 1 aromatic carbocycles. The van der Waals surface area contributed by atoms with Crippen molar-refractivity contribution in [1.82, 2.24) is 10.1 Å². The number of nitrogens with one attached hydrogen (secondary N) is 1. The SMILES string of the molecule is O=C(O)c1cc(-c2c[nH]c3ccc(Cl)cc23)on1. The molecule has 90 valence electrons. The summed E-state index contributed by atoms with van der Waals surface area (Å²) in [5.41, 5.74) is 1.50. The van der Waals surface area contributed by atoms with Crippen LogP contribution in [0.25, 0.3) is 22.2 Å². The highest BCUT2D eigenvalue weighted by molar-refractivity contribution is 6.31. The van der Waals surface area contributed by atoms with Gasteiger partial charge >= 0.3 is 5.97 Å². The predicted molar refractivity (Wildman–Crippen MR) is 65.8 cm³/mol. The zero-order valence-corrected chi connectivity index (χ0v) is 9.73. The fourth-order valence-electron chi connectivity index (χ4n) is 1.80. The van der Waals surface area contributed by atoms with E-state index in [4.69, 9.17) is 21.2 Å². The zero-order chi connectivity index (χ0) is 12.7. The van der Waals surface area contributed by atoms with Crippen LogP contribution in [0, 0.1) is 0 Å². The Kier molecular flexibility index (Phi) is 2.34. The third kappa shape index (κ3) is 1.65. The first-order valence-electron chi connectivity index (χ1n) is 5.12. The Bertz CT molecular complexity index is 745. The van der Waals surface area contributed by atoms with Gasteiger partial charge in [-0.1, -0.05) is 16.8 Å². The summed E-state index contributed by atoms with van der Waals surface area (Å²) in [7, 11) is 0. The molecule has 0 aliphatic rings. The molecule has 0 saturated carbocycles. The summed E-state index contributed by atoms with van der Waals surface area (Å²) in [5, 5.41) is 13.7. The van der Waals surface area contributed by atoms with Gasteiger partial charge in [-0.15, -0.1) is 0 Å². The molecule has 0 unspecified atom stereocenters. The third-order valence-electron chi connectivity index (χ3n) is 2.64. The Labute approximate surface area is 106 Å². The minimum atomic E-state index is -1.12. The lowest BCUT2D eigenvalue weighted by atomic mass is 10.1. The number of rotatable bonds is 2. The van der Waals surface area contributed by atoms with E-state index in [0.717, 1.165) is 16.5 Å². The van der Waals surface area contributed by atoms with Crippen molar-refractivity contribution in [2.45, 2.75) is 0 Å². The van der Waals surface area contributed by atoms with Gasteiger partial charge in [-0.2, -0.15) is 0 Å². The second-order valence-electron chi connectivity index (χ2n) is 3.77. The monoisotopic (exact) mass is 262 g/mol. The molecular weight excluding hydrogens is 256 g/mol. The van der Waals surface area contributed by atoms with E-state index in [9.17, 15) is 4.79 Å². The largest absolute Gasteiger partial charge is 0.476 e. The van der Waals surface area contributed by atoms with Crippen molar-refractivity contribution in [2.75, 3.05) is 0 Å². The molecular formula is C12H7ClN2O3. The van der Waals surface area contributed by atoms with Crippen LogP contribution in [0.1, 0.15) is 10.5 Å². The summed E-state index contributed by atoms with van der Waals surface area (Å²) < 4.78 is 5.02. The molecule has 0 amide bonds. The second-order valence-corrected chi connectivity index (χ2v) is 4.21. The van der Waals surface area contributed by atoms with E-state index in [-0.39, 0.29) is 5.69 Å². The molecule has 2 aromatic heterocycles. The highest BCUT2D eigenvalue weighted by Gasteiger charge is 2.15. The number of hydrogen-bond donors (Lipinski definition) is 2. The normalized spacial score (nSPS) is 10.9. The number of H-pyrrole nitrogens is 1. The highest BCUT2D eigenvalue weighted by Crippen LogP contribution is 2.30. The summed E-state index contributed by atoms with van der Waals surface area (Å²) in [4.78, 5) is 13.8. The topological polar surface area (TPSA) is 79.1 Å². The van der Waals surface area contributed by atoms with Crippen LogP contribution < -0.4 is 0 Å². The number of carbonyl (C=O) groups is 1. The number of aromatic carboxylic acids is 1. The van der Waals surface area contributed by atoms with Crippen LogP contribution >= 0.6 is 11.6 Å². The number of aromatic nitrogens is 2. The lowest BCUT2D eigenvalue weighted by Gasteiger charge is -1.94. The molecule has 0 atom stereocenters. The van der Waals surface area contributed by atoms with E-state index in [1.54, 1.807) is 18.3 Å². The van der Waals surface area contributed by atoms with Gasteiger partial charge in [-0.25, -0.2) is 4.79 Å². The summed E-state index contributed by atoms with van der Waals surface area (Å²) in [6.45, 7) is 0. The van der Waals surface area contributed by atoms with E-state index < -0.39 is 5.97 Å².